The monoisotopic (exact) mass is 1050 g/mol. The molecule has 404 valence electrons. The fourth-order valence-electron chi connectivity index (χ4n) is 17.3. The Morgan fingerprint density at radius 2 is 0.873 bits per heavy atom. The first-order valence-electron chi connectivity index (χ1n) is 30.1. The van der Waals surface area contributed by atoms with Crippen molar-refractivity contribution < 1.29 is 23.9 Å². The van der Waals surface area contributed by atoms with Gasteiger partial charge in [-0.3, -0.25) is 9.78 Å². The smallest absolute Gasteiger partial charge is 0.407 e. The number of hydrogen-bond acceptors (Lipinski definition) is 4. The van der Waals surface area contributed by atoms with Crippen LogP contribution in [0.5, 0.6) is 11.5 Å². The summed E-state index contributed by atoms with van der Waals surface area (Å²) in [5, 5.41) is 0. The molecule has 1 aliphatic heterocycles. The van der Waals surface area contributed by atoms with Crippen LogP contribution in [0.3, 0.4) is 0 Å². The number of aromatic nitrogens is 1. The summed E-state index contributed by atoms with van der Waals surface area (Å²) in [5.41, 5.74) is 16.3. The van der Waals surface area contributed by atoms with E-state index in [0.717, 1.165) is 108 Å². The van der Waals surface area contributed by atoms with Gasteiger partial charge >= 0.3 is 6.09 Å². The highest BCUT2D eigenvalue weighted by atomic mass is 17.2. The Hall–Kier alpha value is -6.46. The lowest BCUT2D eigenvalue weighted by Gasteiger charge is -2.57. The van der Waals surface area contributed by atoms with Crippen LogP contribution in [0.2, 0.25) is 0 Å². The number of rotatable bonds is 5. The second-order valence-electron chi connectivity index (χ2n) is 29.2. The average Bonchev–Trinajstić information content (AvgIpc) is 3.79. The van der Waals surface area contributed by atoms with Gasteiger partial charge in [-0.25, -0.2) is 0 Å². The molecule has 8 saturated carbocycles. The minimum Gasteiger partial charge on any atom is -0.407 e. The first kappa shape index (κ1) is 50.7. The van der Waals surface area contributed by atoms with Crippen molar-refractivity contribution in [2.24, 2.45) is 35.5 Å². The third-order valence-electron chi connectivity index (χ3n) is 20.7. The van der Waals surface area contributed by atoms with E-state index in [-0.39, 0.29) is 33.7 Å². The van der Waals surface area contributed by atoms with E-state index >= 15 is 4.79 Å². The zero-order chi connectivity index (χ0) is 54.4. The average molecular weight is 1050 g/mol. The Balaban J connectivity index is 1.12. The quantitative estimate of drug-likeness (QED) is 0.127. The van der Waals surface area contributed by atoms with Crippen molar-refractivity contribution in [1.82, 2.24) is 0 Å². The van der Waals surface area contributed by atoms with E-state index in [1.165, 1.54) is 98.4 Å². The van der Waals surface area contributed by atoms with E-state index in [4.69, 9.17) is 14.5 Å². The molecule has 10 bridgehead atoms. The van der Waals surface area contributed by atoms with Gasteiger partial charge in [0.1, 0.15) is 6.61 Å². The standard InChI is InChI=1S/C74H80NO4/c1-70(2,3)54-25-23-50(24-26-54)51-32-65-59-21-15-13-19-57(59)61-34-55(71(4,5)6)36-63(73-38-46-27-47(39-73)29-48(28-46)40-73)67(61)78-79-68-62(35-56(72(7,8)9)37-64(68)74-41-49-30-52(42-74)53(31-49)43-74)58-20-14-16-22-60(58)66(33-51)75(65)69(76)77-44-45-17-11-10-12-18-45/h10-26,32-37,46-49,52-53H,27-31,38-44H2,1-9H3/q+1. The van der Waals surface area contributed by atoms with Gasteiger partial charge < -0.3 is 4.74 Å². The Labute approximate surface area is 470 Å². The third kappa shape index (κ3) is 8.69. The minimum absolute atomic E-state index is 0.0190. The molecule has 8 aliphatic carbocycles. The zero-order valence-electron chi connectivity index (χ0n) is 48.3. The molecule has 8 fully saturated rings. The number of carbonyl (C=O) groups is 1. The summed E-state index contributed by atoms with van der Waals surface area (Å²) >= 11 is 0. The number of benzene rings is 6. The molecule has 6 aromatic carbocycles. The molecule has 9 aliphatic rings. The number of ether oxygens (including phenoxy) is 1. The molecule has 16 rings (SSSR count). The van der Waals surface area contributed by atoms with Crippen molar-refractivity contribution in [2.75, 3.05) is 0 Å². The van der Waals surface area contributed by atoms with Crippen molar-refractivity contribution >= 4 is 6.09 Å². The number of nitrogens with zero attached hydrogens (tertiary/aromatic N) is 1. The molecule has 0 spiro atoms. The molecule has 0 N–H and O–H groups in total. The van der Waals surface area contributed by atoms with Crippen LogP contribution in [0.15, 0.2) is 140 Å². The second kappa shape index (κ2) is 18.3. The highest BCUT2D eigenvalue weighted by Crippen LogP contribution is 2.67. The van der Waals surface area contributed by atoms with Gasteiger partial charge in [0, 0.05) is 39.8 Å². The molecule has 79 heavy (non-hydrogen) atoms. The fraction of sp³-hybridized carbons (Fsp3) is 0.432. The number of hydrogen-bond donors (Lipinski definition) is 0. The van der Waals surface area contributed by atoms with Crippen LogP contribution in [-0.4, -0.2) is 6.09 Å². The Kier molecular flexibility index (Phi) is 11.7. The van der Waals surface area contributed by atoms with Gasteiger partial charge in [0.2, 0.25) is 11.4 Å². The van der Waals surface area contributed by atoms with Crippen molar-refractivity contribution in [3.05, 3.63) is 173 Å². The van der Waals surface area contributed by atoms with Crippen LogP contribution in [-0.2, 0) is 38.4 Å². The third-order valence-corrected chi connectivity index (χ3v) is 20.7. The van der Waals surface area contributed by atoms with Gasteiger partial charge in [-0.1, -0.05) is 170 Å². The molecule has 0 amide bonds. The number of fused-ring (bicyclic) bond motifs is 10. The molecule has 2 atom stereocenters. The molecular weight excluding hydrogens is 967 g/mol. The van der Waals surface area contributed by atoms with Gasteiger partial charge in [0.15, 0.2) is 11.5 Å². The lowest BCUT2D eigenvalue weighted by atomic mass is 9.47. The molecule has 0 saturated heterocycles. The highest BCUT2D eigenvalue weighted by Gasteiger charge is 2.58. The highest BCUT2D eigenvalue weighted by molar-refractivity contribution is 5.91. The van der Waals surface area contributed by atoms with Crippen molar-refractivity contribution in [2.45, 2.75) is 167 Å². The predicted molar refractivity (Wildman–Crippen MR) is 318 cm³/mol. The Morgan fingerprint density at radius 3 is 1.32 bits per heavy atom. The van der Waals surface area contributed by atoms with Gasteiger partial charge in [0.25, 0.3) is 0 Å². The van der Waals surface area contributed by atoms with Crippen molar-refractivity contribution in [3.63, 3.8) is 0 Å². The van der Waals surface area contributed by atoms with E-state index in [1.807, 2.05) is 34.9 Å². The van der Waals surface area contributed by atoms with E-state index in [0.29, 0.717) is 0 Å². The minimum atomic E-state index is -0.435. The van der Waals surface area contributed by atoms with Gasteiger partial charge in [-0.05, 0) is 197 Å². The maximum atomic E-state index is 15.9. The lowest BCUT2D eigenvalue weighted by Crippen LogP contribution is -2.48. The number of pyridine rings is 1. The molecule has 0 radical (unpaired) electrons. The normalized spacial score (nSPS) is 26.1. The summed E-state index contributed by atoms with van der Waals surface area (Å²) in [6.07, 6.45) is 13.4. The topological polar surface area (TPSA) is 48.6 Å². The van der Waals surface area contributed by atoms with Crippen LogP contribution in [0.1, 0.15) is 166 Å². The van der Waals surface area contributed by atoms with Crippen LogP contribution in [0, 0.1) is 35.5 Å². The molecule has 2 unspecified atom stereocenters. The van der Waals surface area contributed by atoms with Crippen molar-refractivity contribution in [3.8, 4) is 67.4 Å². The van der Waals surface area contributed by atoms with Gasteiger partial charge in [0.05, 0.1) is 11.1 Å². The molecule has 5 nitrogen and oxygen atoms in total. The predicted octanol–water partition coefficient (Wildman–Crippen LogP) is 18.6. The van der Waals surface area contributed by atoms with Crippen LogP contribution < -0.4 is 14.3 Å². The van der Waals surface area contributed by atoms with Crippen molar-refractivity contribution in [1.29, 1.82) is 0 Å². The summed E-state index contributed by atoms with van der Waals surface area (Å²) in [6.45, 7) is 21.1. The zero-order valence-corrected chi connectivity index (χ0v) is 48.3. The van der Waals surface area contributed by atoms with E-state index in [2.05, 4.69) is 172 Å². The van der Waals surface area contributed by atoms with Crippen LogP contribution in [0.4, 0.5) is 4.79 Å². The second-order valence-corrected chi connectivity index (χ2v) is 29.2. The van der Waals surface area contributed by atoms with E-state index < -0.39 is 6.09 Å². The molecule has 1 aromatic heterocycles. The van der Waals surface area contributed by atoms with E-state index in [9.17, 15) is 0 Å². The summed E-state index contributed by atoms with van der Waals surface area (Å²) in [5.74, 6) is 6.01. The molecule has 2 heterocycles. The SMILES string of the molecule is CC(C)(C)c1ccc(-c2cc3[n+](C(=O)OCc4ccccc4)c(c2)-c2ccccc2-c2cc(C(C)(C)C)cc(C45CC6CC(C4)C(C6)C5)c2OOc2c(cc(C(C)(C)C)cc2C24CC5CC(CC(C5)C2)C4)-c2ccccc2-3)cc1. The first-order chi connectivity index (χ1) is 37.8. The van der Waals surface area contributed by atoms with Crippen LogP contribution >= 0.6 is 0 Å². The maximum absolute atomic E-state index is 15.9. The largest absolute Gasteiger partial charge is 0.603 e. The van der Waals surface area contributed by atoms with Gasteiger partial charge in [-0.15, -0.1) is 0 Å². The summed E-state index contributed by atoms with van der Waals surface area (Å²) in [6, 6.07) is 51.0. The molecular formula is C74H80NO4+. The summed E-state index contributed by atoms with van der Waals surface area (Å²) in [7, 11) is 0. The summed E-state index contributed by atoms with van der Waals surface area (Å²) < 4.78 is 8.48. The van der Waals surface area contributed by atoms with E-state index in [1.54, 1.807) is 0 Å². The maximum Gasteiger partial charge on any atom is 0.603 e. The summed E-state index contributed by atoms with van der Waals surface area (Å²) in [4.78, 5) is 31.2. The Bertz CT molecular complexity index is 3510. The number of carbonyl (C=O) groups excluding carboxylic acids is 1. The first-order valence-corrected chi connectivity index (χ1v) is 30.1. The fourth-order valence-corrected chi connectivity index (χ4v) is 17.3. The van der Waals surface area contributed by atoms with Gasteiger partial charge in [-0.2, -0.15) is 4.79 Å². The Morgan fingerprint density at radius 1 is 0.456 bits per heavy atom. The molecule has 5 heteroatoms. The lowest BCUT2D eigenvalue weighted by molar-refractivity contribution is -0.563. The molecule has 7 aromatic rings. The van der Waals surface area contributed by atoms with Crippen LogP contribution in [0.25, 0.3) is 55.9 Å².